The number of nitrogens with zero attached hydrogens (tertiary/aromatic N) is 2. The number of aliphatic hydroxyl groups is 1. The second-order valence-corrected chi connectivity index (χ2v) is 11.7. The molecule has 2 heterocycles. The lowest BCUT2D eigenvalue weighted by Gasteiger charge is -2.39. The van der Waals surface area contributed by atoms with Crippen LogP contribution < -0.4 is 24.8 Å². The summed E-state index contributed by atoms with van der Waals surface area (Å²) >= 11 is 0. The molecule has 0 bridgehead atoms. The van der Waals surface area contributed by atoms with E-state index in [1.807, 2.05) is 6.92 Å². The van der Waals surface area contributed by atoms with Gasteiger partial charge in [0.1, 0.15) is 6.10 Å². The van der Waals surface area contributed by atoms with E-state index in [0.717, 1.165) is 6.54 Å². The van der Waals surface area contributed by atoms with E-state index in [2.05, 4.69) is 29.5 Å². The highest BCUT2D eigenvalue weighted by atomic mass is 16.7. The third-order valence-corrected chi connectivity index (χ3v) is 8.36. The normalized spacial score (nSPS) is 21.5. The van der Waals surface area contributed by atoms with Crippen LogP contribution in [0.1, 0.15) is 56.3 Å². The van der Waals surface area contributed by atoms with Gasteiger partial charge in [0.2, 0.25) is 6.79 Å². The van der Waals surface area contributed by atoms with Gasteiger partial charge in [-0.3, -0.25) is 4.79 Å². The highest BCUT2D eigenvalue weighted by Crippen LogP contribution is 2.36. The molecule has 222 valence electrons. The van der Waals surface area contributed by atoms with Crippen molar-refractivity contribution < 1.29 is 28.9 Å². The molecule has 2 aliphatic heterocycles. The first kappa shape index (κ1) is 29.0. The monoisotopic (exact) mass is 566 g/mol. The highest BCUT2D eigenvalue weighted by molar-refractivity contribution is 6.04. The number of likely N-dealkylation sites (N-methyl/N-ethyl adjacent to an activating group) is 1. The van der Waals surface area contributed by atoms with Gasteiger partial charge in [0, 0.05) is 37.3 Å². The zero-order valence-corrected chi connectivity index (χ0v) is 24.2. The molecule has 3 aliphatic rings. The number of fused-ring (bicyclic) bond motifs is 2. The van der Waals surface area contributed by atoms with Crippen molar-refractivity contribution in [2.24, 2.45) is 11.8 Å². The van der Waals surface area contributed by atoms with Crippen LogP contribution in [-0.2, 0) is 0 Å². The first-order chi connectivity index (χ1) is 19.8. The highest BCUT2D eigenvalue weighted by Gasteiger charge is 2.35. The maximum atomic E-state index is 13.7. The third kappa shape index (κ3) is 6.87. The van der Waals surface area contributed by atoms with Crippen LogP contribution in [-0.4, -0.2) is 79.1 Å². The summed E-state index contributed by atoms with van der Waals surface area (Å²) in [4.78, 5) is 30.9. The number of para-hydroxylation sites is 1. The van der Waals surface area contributed by atoms with Crippen LogP contribution in [0.5, 0.6) is 17.2 Å². The number of aliphatic hydroxyl groups excluding tert-OH is 1. The minimum atomic E-state index is -0.477. The maximum Gasteiger partial charge on any atom is 0.323 e. The zero-order valence-electron chi connectivity index (χ0n) is 24.2. The van der Waals surface area contributed by atoms with E-state index in [1.165, 1.54) is 32.1 Å². The molecule has 1 saturated carbocycles. The number of carbonyl (C=O) groups is 2. The fourth-order valence-corrected chi connectivity index (χ4v) is 6.01. The predicted molar refractivity (Wildman–Crippen MR) is 157 cm³/mol. The average molecular weight is 567 g/mol. The number of carbonyl (C=O) groups excluding carboxylic acids is 2. The van der Waals surface area contributed by atoms with Gasteiger partial charge in [-0.05, 0) is 57.0 Å². The van der Waals surface area contributed by atoms with Crippen LogP contribution in [0.4, 0.5) is 16.2 Å². The third-order valence-electron chi connectivity index (χ3n) is 8.36. The SMILES string of the molecule is C[C@@H]1CN([C@@H](C)CO)C(=O)c2cccc(NC(=O)Nc3ccc4c(c3)OCO4)c2O[C@H]1CN(C)CC1CCCCC1. The topological polar surface area (TPSA) is 113 Å². The Balaban J connectivity index is 1.38. The van der Waals surface area contributed by atoms with Crippen LogP contribution in [0.3, 0.4) is 0 Å². The summed E-state index contributed by atoms with van der Waals surface area (Å²) in [7, 11) is 2.13. The lowest BCUT2D eigenvalue weighted by Crippen LogP contribution is -2.50. The minimum absolute atomic E-state index is 0.00887. The van der Waals surface area contributed by atoms with Crippen molar-refractivity contribution in [1.29, 1.82) is 0 Å². The van der Waals surface area contributed by atoms with Crippen molar-refractivity contribution in [3.63, 3.8) is 0 Å². The largest absolute Gasteiger partial charge is 0.486 e. The Bertz CT molecular complexity index is 1230. The Kier molecular flexibility index (Phi) is 9.19. The number of urea groups is 1. The first-order valence-electron chi connectivity index (χ1n) is 14.7. The number of hydrogen-bond donors (Lipinski definition) is 3. The zero-order chi connectivity index (χ0) is 28.9. The maximum absolute atomic E-state index is 13.7. The number of amides is 3. The second kappa shape index (κ2) is 13.0. The van der Waals surface area contributed by atoms with Gasteiger partial charge in [0.25, 0.3) is 5.91 Å². The molecule has 2 aromatic rings. The van der Waals surface area contributed by atoms with E-state index in [4.69, 9.17) is 14.2 Å². The number of nitrogens with one attached hydrogen (secondary N) is 2. The minimum Gasteiger partial charge on any atom is -0.486 e. The molecular weight excluding hydrogens is 524 g/mol. The van der Waals surface area contributed by atoms with Crippen LogP contribution >= 0.6 is 0 Å². The summed E-state index contributed by atoms with van der Waals surface area (Å²) in [5.74, 6) is 1.98. The smallest absolute Gasteiger partial charge is 0.323 e. The fourth-order valence-electron chi connectivity index (χ4n) is 6.01. The van der Waals surface area contributed by atoms with E-state index >= 15 is 0 Å². The molecule has 10 nitrogen and oxygen atoms in total. The molecule has 5 rings (SSSR count). The van der Waals surface area contributed by atoms with Crippen molar-refractivity contribution in [3.8, 4) is 17.2 Å². The molecule has 3 atom stereocenters. The number of anilines is 2. The summed E-state index contributed by atoms with van der Waals surface area (Å²) < 4.78 is 17.4. The Morgan fingerprint density at radius 2 is 1.88 bits per heavy atom. The molecule has 0 saturated heterocycles. The summed E-state index contributed by atoms with van der Waals surface area (Å²) in [6.45, 7) is 6.08. The van der Waals surface area contributed by atoms with E-state index in [-0.39, 0.29) is 37.4 Å². The first-order valence-corrected chi connectivity index (χ1v) is 14.7. The molecule has 0 aromatic heterocycles. The van der Waals surface area contributed by atoms with Gasteiger partial charge in [-0.1, -0.05) is 32.3 Å². The Hall–Kier alpha value is -3.50. The number of ether oxygens (including phenoxy) is 3. The van der Waals surface area contributed by atoms with Crippen molar-refractivity contribution in [2.75, 3.05) is 50.7 Å². The van der Waals surface area contributed by atoms with Crippen molar-refractivity contribution in [2.45, 2.75) is 58.1 Å². The number of rotatable bonds is 8. The number of benzene rings is 2. The molecule has 0 unspecified atom stereocenters. The van der Waals surface area contributed by atoms with Crippen molar-refractivity contribution >= 4 is 23.3 Å². The lowest BCUT2D eigenvalue weighted by molar-refractivity contribution is 0.0333. The van der Waals surface area contributed by atoms with Crippen molar-refractivity contribution in [1.82, 2.24) is 9.80 Å². The Labute approximate surface area is 241 Å². The summed E-state index contributed by atoms with van der Waals surface area (Å²) in [6.07, 6.45) is 6.20. The second-order valence-electron chi connectivity index (χ2n) is 11.7. The van der Waals surface area contributed by atoms with Gasteiger partial charge in [-0.25, -0.2) is 4.79 Å². The van der Waals surface area contributed by atoms with Crippen LogP contribution in [0, 0.1) is 11.8 Å². The van der Waals surface area contributed by atoms with E-state index in [9.17, 15) is 14.7 Å². The average Bonchev–Trinajstić information content (AvgIpc) is 3.43. The molecule has 2 aromatic carbocycles. The van der Waals surface area contributed by atoms with Gasteiger partial charge < -0.3 is 39.8 Å². The van der Waals surface area contributed by atoms with Gasteiger partial charge in [-0.15, -0.1) is 0 Å². The summed E-state index contributed by atoms with van der Waals surface area (Å²) in [5.41, 5.74) is 1.30. The molecule has 10 heteroatoms. The number of hydrogen-bond acceptors (Lipinski definition) is 7. The van der Waals surface area contributed by atoms with Crippen LogP contribution in [0.2, 0.25) is 0 Å². The lowest BCUT2D eigenvalue weighted by atomic mass is 9.89. The van der Waals surface area contributed by atoms with Gasteiger partial charge >= 0.3 is 6.03 Å². The van der Waals surface area contributed by atoms with Crippen LogP contribution in [0.25, 0.3) is 0 Å². The molecule has 1 aliphatic carbocycles. The van der Waals surface area contributed by atoms with E-state index < -0.39 is 6.03 Å². The predicted octanol–water partition coefficient (Wildman–Crippen LogP) is 4.79. The Morgan fingerprint density at radius 1 is 1.10 bits per heavy atom. The molecule has 0 spiro atoms. The fraction of sp³-hybridized carbons (Fsp3) is 0.548. The summed E-state index contributed by atoms with van der Waals surface area (Å²) in [5, 5.41) is 15.7. The van der Waals surface area contributed by atoms with E-state index in [1.54, 1.807) is 41.3 Å². The molecule has 1 fully saturated rings. The molecule has 3 N–H and O–H groups in total. The van der Waals surface area contributed by atoms with E-state index in [0.29, 0.717) is 53.2 Å². The van der Waals surface area contributed by atoms with Crippen molar-refractivity contribution in [3.05, 3.63) is 42.0 Å². The van der Waals surface area contributed by atoms with Gasteiger partial charge in [-0.2, -0.15) is 0 Å². The van der Waals surface area contributed by atoms with Crippen LogP contribution in [0.15, 0.2) is 36.4 Å². The van der Waals surface area contributed by atoms with Gasteiger partial charge in [0.15, 0.2) is 17.2 Å². The molecule has 41 heavy (non-hydrogen) atoms. The van der Waals surface area contributed by atoms with Gasteiger partial charge in [0.05, 0.1) is 23.9 Å². The molecule has 0 radical (unpaired) electrons. The molecular formula is C31H42N4O6. The summed E-state index contributed by atoms with van der Waals surface area (Å²) in [6, 6.07) is 9.52. The quantitative estimate of drug-likeness (QED) is 0.421. The molecule has 3 amide bonds. The Morgan fingerprint density at radius 3 is 2.66 bits per heavy atom. The standard InChI is InChI=1S/C31H42N4O6/c1-20-15-35(21(2)18-36)30(37)24-10-7-11-25(33-31(38)32-23-12-13-26-27(14-23)40-19-39-26)29(24)41-28(20)17-34(3)16-22-8-5-4-6-9-22/h7,10-14,20-22,28,36H,4-6,8-9,15-19H2,1-3H3,(H2,32,33,38)/t20-,21+,28+/m1/s1.